The minimum absolute atomic E-state index is 0.00139. The van der Waals surface area contributed by atoms with Gasteiger partial charge in [0.1, 0.15) is 0 Å². The topological polar surface area (TPSA) is 87.7 Å². The zero-order chi connectivity index (χ0) is 23.7. The smallest absolute Gasteiger partial charge is 0.254 e. The van der Waals surface area contributed by atoms with Gasteiger partial charge in [0.25, 0.3) is 5.91 Å². The number of nitrogens with zero attached hydrogens (tertiary/aromatic N) is 4. The number of carbonyl (C=O) groups is 2. The van der Waals surface area contributed by atoms with Gasteiger partial charge in [-0.05, 0) is 43.2 Å². The zero-order valence-electron chi connectivity index (χ0n) is 19.3. The monoisotopic (exact) mass is 457 g/mol. The Morgan fingerprint density at radius 2 is 1.97 bits per heavy atom. The van der Waals surface area contributed by atoms with Gasteiger partial charge in [0, 0.05) is 49.3 Å². The second-order valence-electron chi connectivity index (χ2n) is 8.67. The number of rotatable bonds is 5. The number of likely N-dealkylation sites (tertiary alicyclic amines) is 1. The number of likely N-dealkylation sites (N-methyl/N-ethyl adjacent to an activating group) is 1. The molecule has 8 nitrogen and oxygen atoms in total. The molecule has 174 valence electrons. The molecule has 8 heteroatoms. The van der Waals surface area contributed by atoms with E-state index in [1.54, 1.807) is 25.3 Å². The van der Waals surface area contributed by atoms with E-state index in [4.69, 9.17) is 9.72 Å². The van der Waals surface area contributed by atoms with E-state index >= 15 is 0 Å². The molecule has 34 heavy (non-hydrogen) atoms. The van der Waals surface area contributed by atoms with Crippen LogP contribution in [0.25, 0.3) is 11.3 Å². The molecule has 0 aliphatic carbocycles. The van der Waals surface area contributed by atoms with Gasteiger partial charge in [0.15, 0.2) is 0 Å². The summed E-state index contributed by atoms with van der Waals surface area (Å²) in [6.45, 7) is 1.32. The second-order valence-corrected chi connectivity index (χ2v) is 8.67. The highest BCUT2D eigenvalue weighted by Gasteiger charge is 2.29. The highest BCUT2D eigenvalue weighted by Crippen LogP contribution is 2.35. The molecule has 0 unspecified atom stereocenters. The third-order valence-corrected chi connectivity index (χ3v) is 6.49. The first-order chi connectivity index (χ1) is 16.5. The van der Waals surface area contributed by atoms with Gasteiger partial charge < -0.3 is 19.9 Å². The largest absolute Gasteiger partial charge is 0.383 e. The molecule has 1 saturated heterocycles. The van der Waals surface area contributed by atoms with E-state index in [2.05, 4.69) is 10.3 Å². The molecule has 2 aliphatic rings. The number of carbonyl (C=O) groups excluding carboxylic acids is 2. The van der Waals surface area contributed by atoms with Gasteiger partial charge >= 0.3 is 0 Å². The van der Waals surface area contributed by atoms with E-state index < -0.39 is 0 Å². The minimum atomic E-state index is 0.00139. The van der Waals surface area contributed by atoms with Crippen molar-refractivity contribution in [3.63, 3.8) is 0 Å². The van der Waals surface area contributed by atoms with Crippen LogP contribution in [0.4, 0.5) is 17.3 Å². The molecular weight excluding hydrogens is 430 g/mol. The number of para-hydroxylation sites is 1. The third-order valence-electron chi connectivity index (χ3n) is 6.49. The van der Waals surface area contributed by atoms with Crippen molar-refractivity contribution in [1.82, 2.24) is 14.9 Å². The van der Waals surface area contributed by atoms with Crippen molar-refractivity contribution < 1.29 is 14.3 Å². The average molecular weight is 458 g/mol. The Morgan fingerprint density at radius 3 is 2.76 bits per heavy atom. The first-order valence-electron chi connectivity index (χ1n) is 11.4. The van der Waals surface area contributed by atoms with Crippen LogP contribution >= 0.6 is 0 Å². The summed E-state index contributed by atoms with van der Waals surface area (Å²) in [7, 11) is 3.45. The molecule has 0 spiro atoms. The lowest BCUT2D eigenvalue weighted by Crippen LogP contribution is -2.38. The fourth-order valence-corrected chi connectivity index (χ4v) is 4.67. The van der Waals surface area contributed by atoms with E-state index in [9.17, 15) is 9.59 Å². The van der Waals surface area contributed by atoms with Crippen molar-refractivity contribution in [3.05, 3.63) is 65.9 Å². The van der Waals surface area contributed by atoms with E-state index in [0.29, 0.717) is 18.1 Å². The van der Waals surface area contributed by atoms with Crippen molar-refractivity contribution >= 4 is 29.1 Å². The van der Waals surface area contributed by atoms with Gasteiger partial charge in [-0.1, -0.05) is 18.2 Å². The van der Waals surface area contributed by atoms with Crippen LogP contribution in [0.5, 0.6) is 0 Å². The fourth-order valence-electron chi connectivity index (χ4n) is 4.67. The second kappa shape index (κ2) is 9.23. The molecule has 1 fully saturated rings. The van der Waals surface area contributed by atoms with Crippen molar-refractivity contribution in [1.29, 1.82) is 0 Å². The molecule has 0 saturated carbocycles. The Labute approximate surface area is 198 Å². The molecule has 1 aromatic heterocycles. The lowest BCUT2D eigenvalue weighted by atomic mass is 10.1. The fraction of sp³-hybridized carbons (Fsp3) is 0.308. The number of ether oxygens (including phenoxy) is 1. The molecule has 1 N–H and O–H groups in total. The number of hydrogen-bond acceptors (Lipinski definition) is 6. The predicted molar refractivity (Wildman–Crippen MR) is 130 cm³/mol. The van der Waals surface area contributed by atoms with Crippen LogP contribution in [-0.4, -0.2) is 60.0 Å². The standard InChI is InChI=1S/C26H27N5O3/c1-30-22-8-4-3-7-21(22)24-18(14-23(30)32)15-27-26(29-24)28-19-11-9-17(10-12-19)25(33)31-13-5-6-20(31)16-34-2/h3-4,7-12,15,20H,5-6,13-14,16H2,1-2H3,(H,27,28,29)/t20-/m0/s1. The summed E-state index contributed by atoms with van der Waals surface area (Å²) in [6.07, 6.45) is 3.93. The van der Waals surface area contributed by atoms with Crippen LogP contribution in [0.2, 0.25) is 0 Å². The van der Waals surface area contributed by atoms with Crippen LogP contribution in [0.3, 0.4) is 0 Å². The summed E-state index contributed by atoms with van der Waals surface area (Å²) in [4.78, 5) is 38.3. The summed E-state index contributed by atoms with van der Waals surface area (Å²) in [5, 5.41) is 3.23. The van der Waals surface area contributed by atoms with Crippen molar-refractivity contribution in [2.24, 2.45) is 0 Å². The molecule has 2 aromatic carbocycles. The van der Waals surface area contributed by atoms with Gasteiger partial charge in [-0.15, -0.1) is 0 Å². The number of aromatic nitrogens is 2. The van der Waals surface area contributed by atoms with Gasteiger partial charge in [-0.2, -0.15) is 0 Å². The number of hydrogen-bond donors (Lipinski definition) is 1. The lowest BCUT2D eigenvalue weighted by molar-refractivity contribution is -0.117. The first-order valence-corrected chi connectivity index (χ1v) is 11.4. The number of amides is 2. The molecule has 5 rings (SSSR count). The number of benzene rings is 2. The summed E-state index contributed by atoms with van der Waals surface area (Å²) in [5.74, 6) is 0.462. The maximum Gasteiger partial charge on any atom is 0.254 e. The Balaban J connectivity index is 1.37. The molecule has 2 amide bonds. The van der Waals surface area contributed by atoms with Gasteiger partial charge in [0.2, 0.25) is 11.9 Å². The minimum Gasteiger partial charge on any atom is -0.383 e. The van der Waals surface area contributed by atoms with Crippen LogP contribution in [-0.2, 0) is 16.0 Å². The quantitative estimate of drug-likeness (QED) is 0.629. The Kier molecular flexibility index (Phi) is 5.98. The SMILES string of the molecule is COC[C@@H]1CCCN1C(=O)c1ccc(Nc2ncc3c(n2)-c2ccccc2N(C)C(=O)C3)cc1. The zero-order valence-corrected chi connectivity index (χ0v) is 19.3. The third kappa shape index (κ3) is 4.12. The van der Waals surface area contributed by atoms with Crippen molar-refractivity contribution in [2.45, 2.75) is 25.3 Å². The van der Waals surface area contributed by atoms with Gasteiger partial charge in [-0.25, -0.2) is 9.97 Å². The summed E-state index contributed by atoms with van der Waals surface area (Å²) >= 11 is 0. The molecule has 1 atom stereocenters. The lowest BCUT2D eigenvalue weighted by Gasteiger charge is -2.24. The van der Waals surface area contributed by atoms with Crippen LogP contribution in [0.1, 0.15) is 28.8 Å². The number of anilines is 3. The molecule has 2 aliphatic heterocycles. The Morgan fingerprint density at radius 1 is 1.18 bits per heavy atom. The first kappa shape index (κ1) is 22.0. The van der Waals surface area contributed by atoms with E-state index in [0.717, 1.165) is 47.6 Å². The van der Waals surface area contributed by atoms with Gasteiger partial charge in [0.05, 0.1) is 30.5 Å². The summed E-state index contributed by atoms with van der Waals surface area (Å²) in [6, 6.07) is 15.2. The predicted octanol–water partition coefficient (Wildman–Crippen LogP) is 3.66. The Bertz CT molecular complexity index is 1230. The number of methoxy groups -OCH3 is 1. The van der Waals surface area contributed by atoms with Crippen LogP contribution in [0, 0.1) is 0 Å². The van der Waals surface area contributed by atoms with Crippen molar-refractivity contribution in [3.8, 4) is 11.3 Å². The molecule has 0 radical (unpaired) electrons. The summed E-state index contributed by atoms with van der Waals surface area (Å²) in [5.41, 5.74) is 4.69. The van der Waals surface area contributed by atoms with E-state index in [1.165, 1.54) is 0 Å². The molecular formula is C26H27N5O3. The highest BCUT2D eigenvalue weighted by atomic mass is 16.5. The number of fused-ring (bicyclic) bond motifs is 3. The maximum absolute atomic E-state index is 13.0. The molecule has 0 bridgehead atoms. The Hall–Kier alpha value is -3.78. The average Bonchev–Trinajstić information content (AvgIpc) is 3.29. The highest BCUT2D eigenvalue weighted by molar-refractivity contribution is 6.01. The molecule has 3 aromatic rings. The maximum atomic E-state index is 13.0. The number of nitrogens with one attached hydrogen (secondary N) is 1. The molecule has 3 heterocycles. The van der Waals surface area contributed by atoms with Crippen LogP contribution in [0.15, 0.2) is 54.7 Å². The van der Waals surface area contributed by atoms with E-state index in [-0.39, 0.29) is 24.3 Å². The normalized spacial score (nSPS) is 17.2. The van der Waals surface area contributed by atoms with Crippen molar-refractivity contribution in [2.75, 3.05) is 37.5 Å². The summed E-state index contributed by atoms with van der Waals surface area (Å²) < 4.78 is 5.27. The van der Waals surface area contributed by atoms with Gasteiger partial charge in [-0.3, -0.25) is 9.59 Å². The van der Waals surface area contributed by atoms with E-state index in [1.807, 2.05) is 53.4 Å². The van der Waals surface area contributed by atoms with Crippen LogP contribution < -0.4 is 10.2 Å².